The number of alkyl halides is 3. The molecule has 1 rings (SSSR count). The molecule has 0 heterocycles. The van der Waals surface area contributed by atoms with Crippen LogP contribution in [0.15, 0.2) is 23.4 Å². The van der Waals surface area contributed by atoms with E-state index in [0.29, 0.717) is 12.1 Å². The van der Waals surface area contributed by atoms with Crippen LogP contribution in [0.3, 0.4) is 0 Å². The lowest BCUT2D eigenvalue weighted by molar-refractivity contribution is -0.140. The summed E-state index contributed by atoms with van der Waals surface area (Å²) >= 11 is 0. The fourth-order valence-electron chi connectivity index (χ4n) is 1.35. The summed E-state index contributed by atoms with van der Waals surface area (Å²) in [5.74, 6) is -1.30. The summed E-state index contributed by atoms with van der Waals surface area (Å²) in [6.07, 6.45) is -4.33. The SMILES string of the molecule is CCC(=NOC)c1ccc(F)c(C(F)(F)F)c1. The van der Waals surface area contributed by atoms with Crippen LogP contribution < -0.4 is 0 Å². The van der Waals surface area contributed by atoms with E-state index in [1.165, 1.54) is 13.2 Å². The Morgan fingerprint density at radius 2 is 2.00 bits per heavy atom. The number of hydrogen-bond acceptors (Lipinski definition) is 2. The molecule has 2 nitrogen and oxygen atoms in total. The highest BCUT2D eigenvalue weighted by Gasteiger charge is 2.34. The molecule has 0 bridgehead atoms. The molecule has 94 valence electrons. The molecule has 0 aromatic heterocycles. The fraction of sp³-hybridized carbons (Fsp3) is 0.364. The monoisotopic (exact) mass is 249 g/mol. The van der Waals surface area contributed by atoms with Crippen molar-refractivity contribution in [2.45, 2.75) is 19.5 Å². The van der Waals surface area contributed by atoms with Crippen LogP contribution in [0.25, 0.3) is 0 Å². The normalized spacial score (nSPS) is 12.7. The second-order valence-electron chi connectivity index (χ2n) is 3.27. The zero-order valence-electron chi connectivity index (χ0n) is 9.31. The van der Waals surface area contributed by atoms with Crippen molar-refractivity contribution in [3.8, 4) is 0 Å². The van der Waals surface area contributed by atoms with Crippen molar-refractivity contribution in [3.63, 3.8) is 0 Å². The van der Waals surface area contributed by atoms with Gasteiger partial charge in [-0.25, -0.2) is 4.39 Å². The highest BCUT2D eigenvalue weighted by molar-refractivity contribution is 6.00. The molecule has 0 unspecified atom stereocenters. The predicted molar refractivity (Wildman–Crippen MR) is 55.2 cm³/mol. The molecule has 0 radical (unpaired) electrons. The molecule has 0 atom stereocenters. The summed E-state index contributed by atoms with van der Waals surface area (Å²) in [6.45, 7) is 1.72. The van der Waals surface area contributed by atoms with Crippen LogP contribution in [0, 0.1) is 5.82 Å². The van der Waals surface area contributed by atoms with Gasteiger partial charge in [0.2, 0.25) is 0 Å². The maximum atomic E-state index is 13.0. The maximum absolute atomic E-state index is 13.0. The Bertz CT molecular complexity index is 426. The molecule has 0 aliphatic carbocycles. The van der Waals surface area contributed by atoms with Crippen LogP contribution in [0.2, 0.25) is 0 Å². The van der Waals surface area contributed by atoms with E-state index in [1.807, 2.05) is 0 Å². The molecule has 1 aromatic rings. The van der Waals surface area contributed by atoms with E-state index < -0.39 is 17.6 Å². The maximum Gasteiger partial charge on any atom is 0.419 e. The average Bonchev–Trinajstić information content (AvgIpc) is 2.25. The van der Waals surface area contributed by atoms with Crippen LogP contribution in [-0.4, -0.2) is 12.8 Å². The van der Waals surface area contributed by atoms with Crippen LogP contribution in [0.5, 0.6) is 0 Å². The van der Waals surface area contributed by atoms with Crippen molar-refractivity contribution in [3.05, 3.63) is 35.1 Å². The van der Waals surface area contributed by atoms with Gasteiger partial charge in [-0.2, -0.15) is 13.2 Å². The lowest BCUT2D eigenvalue weighted by Gasteiger charge is -2.10. The quantitative estimate of drug-likeness (QED) is 0.455. The van der Waals surface area contributed by atoms with E-state index in [2.05, 4.69) is 9.99 Å². The van der Waals surface area contributed by atoms with Gasteiger partial charge in [0, 0.05) is 5.56 Å². The number of benzene rings is 1. The molecular formula is C11H11F4NO. The van der Waals surface area contributed by atoms with E-state index >= 15 is 0 Å². The molecule has 0 spiro atoms. The Labute approximate surface area is 95.9 Å². The van der Waals surface area contributed by atoms with Crippen molar-refractivity contribution in [1.82, 2.24) is 0 Å². The molecule has 0 saturated heterocycles. The Kier molecular flexibility index (Phi) is 4.09. The number of halogens is 4. The van der Waals surface area contributed by atoms with Gasteiger partial charge in [0.15, 0.2) is 0 Å². The minimum Gasteiger partial charge on any atom is -0.399 e. The molecule has 0 saturated carbocycles. The highest BCUT2D eigenvalue weighted by Crippen LogP contribution is 2.32. The van der Waals surface area contributed by atoms with E-state index in [9.17, 15) is 17.6 Å². The van der Waals surface area contributed by atoms with Gasteiger partial charge in [0.05, 0.1) is 11.3 Å². The van der Waals surface area contributed by atoms with Crippen molar-refractivity contribution in [1.29, 1.82) is 0 Å². The van der Waals surface area contributed by atoms with E-state index in [0.717, 1.165) is 12.1 Å². The smallest absolute Gasteiger partial charge is 0.399 e. The topological polar surface area (TPSA) is 21.6 Å². The number of rotatable bonds is 3. The fourth-order valence-corrected chi connectivity index (χ4v) is 1.35. The van der Waals surface area contributed by atoms with Gasteiger partial charge in [-0.3, -0.25) is 0 Å². The van der Waals surface area contributed by atoms with Gasteiger partial charge in [-0.1, -0.05) is 18.1 Å². The zero-order chi connectivity index (χ0) is 13.1. The van der Waals surface area contributed by atoms with Crippen LogP contribution in [0.1, 0.15) is 24.5 Å². The second-order valence-corrected chi connectivity index (χ2v) is 3.27. The number of nitrogens with zero attached hydrogens (tertiary/aromatic N) is 1. The third kappa shape index (κ3) is 3.18. The van der Waals surface area contributed by atoms with Crippen molar-refractivity contribution < 1.29 is 22.4 Å². The zero-order valence-corrected chi connectivity index (χ0v) is 9.31. The number of oxime groups is 1. The summed E-state index contributed by atoms with van der Waals surface area (Å²) in [5, 5.41) is 3.59. The molecule has 0 fully saturated rings. The summed E-state index contributed by atoms with van der Waals surface area (Å²) in [4.78, 5) is 4.52. The average molecular weight is 249 g/mol. The Morgan fingerprint density at radius 1 is 1.35 bits per heavy atom. The van der Waals surface area contributed by atoms with Gasteiger partial charge in [-0.05, 0) is 18.6 Å². The first-order chi connectivity index (χ1) is 7.90. The summed E-state index contributed by atoms with van der Waals surface area (Å²) < 4.78 is 50.4. The van der Waals surface area contributed by atoms with Gasteiger partial charge in [-0.15, -0.1) is 0 Å². The van der Waals surface area contributed by atoms with Crippen LogP contribution in [0.4, 0.5) is 17.6 Å². The first-order valence-corrected chi connectivity index (χ1v) is 4.87. The molecular weight excluding hydrogens is 238 g/mol. The van der Waals surface area contributed by atoms with Crippen LogP contribution >= 0.6 is 0 Å². The number of hydrogen-bond donors (Lipinski definition) is 0. The van der Waals surface area contributed by atoms with Crippen molar-refractivity contribution >= 4 is 5.71 Å². The Hall–Kier alpha value is -1.59. The summed E-state index contributed by atoms with van der Waals surface area (Å²) in [5.41, 5.74) is -0.770. The van der Waals surface area contributed by atoms with Crippen LogP contribution in [-0.2, 0) is 11.0 Å². The summed E-state index contributed by atoms with van der Waals surface area (Å²) in [6, 6.07) is 2.75. The lowest BCUT2D eigenvalue weighted by atomic mass is 10.0. The van der Waals surface area contributed by atoms with E-state index in [-0.39, 0.29) is 5.56 Å². The Morgan fingerprint density at radius 3 is 2.47 bits per heavy atom. The van der Waals surface area contributed by atoms with Gasteiger partial charge in [0.25, 0.3) is 0 Å². The minimum absolute atomic E-state index is 0.197. The van der Waals surface area contributed by atoms with Gasteiger partial charge >= 0.3 is 6.18 Å². The van der Waals surface area contributed by atoms with Crippen molar-refractivity contribution in [2.24, 2.45) is 5.16 Å². The molecule has 17 heavy (non-hydrogen) atoms. The lowest BCUT2D eigenvalue weighted by Crippen LogP contribution is -2.10. The minimum atomic E-state index is -4.72. The first kappa shape index (κ1) is 13.5. The largest absolute Gasteiger partial charge is 0.419 e. The van der Waals surface area contributed by atoms with Gasteiger partial charge < -0.3 is 4.84 Å². The molecule has 0 amide bonds. The summed E-state index contributed by atoms with van der Waals surface area (Å²) in [7, 11) is 1.30. The molecule has 0 aliphatic rings. The van der Waals surface area contributed by atoms with Crippen molar-refractivity contribution in [2.75, 3.05) is 7.11 Å². The third-order valence-corrected chi connectivity index (χ3v) is 2.14. The molecule has 0 aliphatic heterocycles. The highest BCUT2D eigenvalue weighted by atomic mass is 19.4. The Balaban J connectivity index is 3.25. The first-order valence-electron chi connectivity index (χ1n) is 4.87. The van der Waals surface area contributed by atoms with E-state index in [1.54, 1.807) is 6.92 Å². The predicted octanol–water partition coefficient (Wildman–Crippen LogP) is 3.61. The molecule has 1 aromatic carbocycles. The molecule has 0 N–H and O–H groups in total. The third-order valence-electron chi connectivity index (χ3n) is 2.14. The standard InChI is InChI=1S/C11H11F4NO/c1-3-10(16-17-2)7-4-5-9(12)8(6-7)11(13,14)15/h4-6H,3H2,1-2H3. The van der Waals surface area contributed by atoms with E-state index in [4.69, 9.17) is 0 Å². The van der Waals surface area contributed by atoms with Gasteiger partial charge in [0.1, 0.15) is 12.9 Å². The molecule has 6 heteroatoms. The second kappa shape index (κ2) is 5.16.